The topological polar surface area (TPSA) is 26.3 Å². The first kappa shape index (κ1) is 10.2. The Hall–Kier alpha value is -1.31. The molecular weight excluding hydrogens is 188 g/mol. The number of allylic oxidation sites excluding steroid dienone is 5. The van der Waals surface area contributed by atoms with E-state index in [1.165, 1.54) is 0 Å². The van der Waals surface area contributed by atoms with Crippen molar-refractivity contribution >= 4 is 5.97 Å². The van der Waals surface area contributed by atoms with Gasteiger partial charge >= 0.3 is 5.97 Å². The van der Waals surface area contributed by atoms with Crippen LogP contribution in [-0.2, 0) is 9.53 Å². The molecule has 0 bridgehead atoms. The highest BCUT2D eigenvalue weighted by Crippen LogP contribution is 2.36. The molecule has 0 aromatic carbocycles. The average Bonchev–Trinajstić information content (AvgIpc) is 2.54. The molecule has 2 aliphatic rings. The predicted molar refractivity (Wildman–Crippen MR) is 59.0 cm³/mol. The van der Waals surface area contributed by atoms with Gasteiger partial charge in [-0.3, -0.25) is 0 Å². The van der Waals surface area contributed by atoms with Crippen molar-refractivity contribution in [1.82, 2.24) is 0 Å². The molecule has 2 nitrogen and oxygen atoms in total. The van der Waals surface area contributed by atoms with Gasteiger partial charge in [0.05, 0.1) is 5.92 Å². The van der Waals surface area contributed by atoms with Gasteiger partial charge in [-0.2, -0.15) is 0 Å². The molecule has 80 valence electrons. The zero-order valence-electron chi connectivity index (χ0n) is 9.19. The molecule has 1 saturated heterocycles. The minimum Gasteiger partial charge on any atom is -0.427 e. The second kappa shape index (κ2) is 4.05. The Morgan fingerprint density at radius 2 is 2.40 bits per heavy atom. The number of hydrogen-bond donors (Lipinski definition) is 0. The van der Waals surface area contributed by atoms with E-state index in [1.807, 2.05) is 12.2 Å². The SMILES string of the molecule is CC(C)CC=C1OC(=O)C2=CC=CC[C@H]12. The fraction of sp³-hybridized carbons (Fsp3) is 0.462. The molecule has 0 N–H and O–H groups in total. The van der Waals surface area contributed by atoms with Crippen LogP contribution in [0.2, 0.25) is 0 Å². The van der Waals surface area contributed by atoms with Crippen molar-refractivity contribution < 1.29 is 9.53 Å². The maximum absolute atomic E-state index is 11.5. The molecule has 0 amide bonds. The fourth-order valence-corrected chi connectivity index (χ4v) is 1.88. The van der Waals surface area contributed by atoms with Crippen LogP contribution < -0.4 is 0 Å². The van der Waals surface area contributed by atoms with E-state index in [2.05, 4.69) is 26.0 Å². The summed E-state index contributed by atoms with van der Waals surface area (Å²) in [6.07, 6.45) is 9.80. The van der Waals surface area contributed by atoms with Gasteiger partial charge in [-0.1, -0.05) is 32.1 Å². The molecule has 15 heavy (non-hydrogen) atoms. The molecular formula is C13H16O2. The Balaban J connectivity index is 2.17. The number of cyclic esters (lactones) is 1. The van der Waals surface area contributed by atoms with Gasteiger partial charge < -0.3 is 4.74 Å². The molecule has 1 fully saturated rings. The molecule has 0 spiro atoms. The van der Waals surface area contributed by atoms with E-state index >= 15 is 0 Å². The summed E-state index contributed by atoms with van der Waals surface area (Å²) in [5.41, 5.74) is 0.813. The number of esters is 1. The fourth-order valence-electron chi connectivity index (χ4n) is 1.88. The van der Waals surface area contributed by atoms with Crippen LogP contribution in [0.15, 0.2) is 35.6 Å². The maximum atomic E-state index is 11.5. The van der Waals surface area contributed by atoms with E-state index in [9.17, 15) is 4.79 Å². The van der Waals surface area contributed by atoms with Crippen molar-refractivity contribution in [2.75, 3.05) is 0 Å². The Kier molecular flexibility index (Phi) is 2.76. The Bertz CT molecular complexity index is 359. The van der Waals surface area contributed by atoms with Crippen LogP contribution in [0.3, 0.4) is 0 Å². The first-order valence-corrected chi connectivity index (χ1v) is 5.47. The molecule has 0 saturated carbocycles. The standard InChI is InChI=1S/C13H16O2/c1-9(2)7-8-12-10-5-3-4-6-11(10)13(14)15-12/h3-4,6,8-10H,5,7H2,1-2H3/t10-/m0/s1. The molecule has 1 aliphatic heterocycles. The minimum atomic E-state index is -0.167. The second-order valence-corrected chi connectivity index (χ2v) is 4.46. The summed E-state index contributed by atoms with van der Waals surface area (Å²) >= 11 is 0. The number of rotatable bonds is 2. The summed E-state index contributed by atoms with van der Waals surface area (Å²) in [7, 11) is 0. The number of ether oxygens (including phenoxy) is 1. The minimum absolute atomic E-state index is 0.167. The lowest BCUT2D eigenvalue weighted by molar-refractivity contribution is -0.132. The molecule has 0 radical (unpaired) electrons. The first-order chi connectivity index (χ1) is 7.18. The van der Waals surface area contributed by atoms with Crippen LogP contribution >= 0.6 is 0 Å². The number of hydrogen-bond acceptors (Lipinski definition) is 2. The third-order valence-electron chi connectivity index (χ3n) is 2.74. The zero-order chi connectivity index (χ0) is 10.8. The number of carbonyl (C=O) groups excluding carboxylic acids is 1. The van der Waals surface area contributed by atoms with Crippen molar-refractivity contribution in [2.45, 2.75) is 26.7 Å². The lowest BCUT2D eigenvalue weighted by Gasteiger charge is -2.10. The van der Waals surface area contributed by atoms with Crippen molar-refractivity contribution in [3.8, 4) is 0 Å². The quantitative estimate of drug-likeness (QED) is 0.646. The lowest BCUT2D eigenvalue weighted by atomic mass is 9.91. The van der Waals surface area contributed by atoms with Crippen LogP contribution in [0.1, 0.15) is 26.7 Å². The van der Waals surface area contributed by atoms with Gasteiger partial charge in [0, 0.05) is 5.57 Å². The van der Waals surface area contributed by atoms with Crippen molar-refractivity contribution in [1.29, 1.82) is 0 Å². The number of fused-ring (bicyclic) bond motifs is 1. The first-order valence-electron chi connectivity index (χ1n) is 5.47. The summed E-state index contributed by atoms with van der Waals surface area (Å²) in [5, 5.41) is 0. The smallest absolute Gasteiger partial charge is 0.339 e. The average molecular weight is 204 g/mol. The monoisotopic (exact) mass is 204 g/mol. The maximum Gasteiger partial charge on any atom is 0.339 e. The zero-order valence-corrected chi connectivity index (χ0v) is 9.19. The van der Waals surface area contributed by atoms with Crippen LogP contribution in [0, 0.1) is 11.8 Å². The van der Waals surface area contributed by atoms with Crippen molar-refractivity contribution in [3.63, 3.8) is 0 Å². The Labute approximate surface area is 90.3 Å². The van der Waals surface area contributed by atoms with Gasteiger partial charge in [-0.05, 0) is 24.8 Å². The molecule has 1 atom stereocenters. The summed E-state index contributed by atoms with van der Waals surface area (Å²) in [6.45, 7) is 4.32. The highest BCUT2D eigenvalue weighted by Gasteiger charge is 2.35. The summed E-state index contributed by atoms with van der Waals surface area (Å²) in [4.78, 5) is 11.5. The Morgan fingerprint density at radius 3 is 3.13 bits per heavy atom. The van der Waals surface area contributed by atoms with E-state index in [0.717, 1.165) is 24.2 Å². The van der Waals surface area contributed by atoms with Crippen molar-refractivity contribution in [2.24, 2.45) is 11.8 Å². The third kappa shape index (κ3) is 2.04. The van der Waals surface area contributed by atoms with Crippen molar-refractivity contribution in [3.05, 3.63) is 35.6 Å². The van der Waals surface area contributed by atoms with E-state index < -0.39 is 0 Å². The molecule has 0 aromatic heterocycles. The third-order valence-corrected chi connectivity index (χ3v) is 2.74. The van der Waals surface area contributed by atoms with E-state index in [4.69, 9.17) is 4.74 Å². The summed E-state index contributed by atoms with van der Waals surface area (Å²) in [6, 6.07) is 0. The highest BCUT2D eigenvalue weighted by molar-refractivity contribution is 5.94. The lowest BCUT2D eigenvalue weighted by Crippen LogP contribution is -2.04. The Morgan fingerprint density at radius 1 is 1.60 bits per heavy atom. The molecule has 2 rings (SSSR count). The predicted octanol–water partition coefficient (Wildman–Crippen LogP) is 2.98. The van der Waals surface area contributed by atoms with Crippen LogP contribution in [0.25, 0.3) is 0 Å². The van der Waals surface area contributed by atoms with Gasteiger partial charge in [0.15, 0.2) is 0 Å². The van der Waals surface area contributed by atoms with E-state index in [0.29, 0.717) is 5.92 Å². The molecule has 1 aliphatic carbocycles. The van der Waals surface area contributed by atoms with Gasteiger partial charge in [-0.15, -0.1) is 0 Å². The van der Waals surface area contributed by atoms with Crippen LogP contribution in [-0.4, -0.2) is 5.97 Å². The summed E-state index contributed by atoms with van der Waals surface area (Å²) < 4.78 is 5.27. The van der Waals surface area contributed by atoms with Gasteiger partial charge in [0.2, 0.25) is 0 Å². The van der Waals surface area contributed by atoms with Gasteiger partial charge in [0.25, 0.3) is 0 Å². The number of carbonyl (C=O) groups is 1. The van der Waals surface area contributed by atoms with Crippen LogP contribution in [0.4, 0.5) is 0 Å². The van der Waals surface area contributed by atoms with E-state index in [1.54, 1.807) is 0 Å². The summed E-state index contributed by atoms with van der Waals surface area (Å²) in [5.74, 6) is 1.47. The second-order valence-electron chi connectivity index (χ2n) is 4.46. The molecule has 0 aromatic rings. The molecule has 1 heterocycles. The van der Waals surface area contributed by atoms with Gasteiger partial charge in [0.1, 0.15) is 5.76 Å². The van der Waals surface area contributed by atoms with Crippen LogP contribution in [0.5, 0.6) is 0 Å². The highest BCUT2D eigenvalue weighted by atomic mass is 16.5. The van der Waals surface area contributed by atoms with Gasteiger partial charge in [-0.25, -0.2) is 4.79 Å². The van der Waals surface area contributed by atoms with E-state index in [-0.39, 0.29) is 11.9 Å². The largest absolute Gasteiger partial charge is 0.427 e. The molecule has 0 unspecified atom stereocenters. The molecule has 2 heteroatoms. The normalized spacial score (nSPS) is 26.9.